The fourth-order valence-corrected chi connectivity index (χ4v) is 4.49. The third kappa shape index (κ3) is 3.45. The van der Waals surface area contributed by atoms with Crippen LogP contribution in [0.25, 0.3) is 0 Å². The first-order valence-corrected chi connectivity index (χ1v) is 11.0. The van der Waals surface area contributed by atoms with Gasteiger partial charge in [-0.2, -0.15) is 4.73 Å². The number of amides is 1. The lowest BCUT2D eigenvalue weighted by Crippen LogP contribution is -2.47. The van der Waals surface area contributed by atoms with E-state index in [0.29, 0.717) is 22.8 Å². The topological polar surface area (TPSA) is 76.7 Å². The third-order valence-electron chi connectivity index (χ3n) is 6.44. The smallest absolute Gasteiger partial charge is 0.257 e. The van der Waals surface area contributed by atoms with Crippen molar-refractivity contribution in [1.82, 2.24) is 4.90 Å². The molecule has 0 spiro atoms. The number of pyridine rings is 1. The van der Waals surface area contributed by atoms with E-state index < -0.39 is 5.72 Å². The van der Waals surface area contributed by atoms with Gasteiger partial charge in [-0.3, -0.25) is 9.69 Å². The van der Waals surface area contributed by atoms with Gasteiger partial charge in [-0.15, -0.1) is 0 Å². The monoisotopic (exact) mass is 450 g/mol. The van der Waals surface area contributed by atoms with Crippen LogP contribution in [0.2, 0.25) is 5.02 Å². The van der Waals surface area contributed by atoms with Gasteiger partial charge in [0.05, 0.1) is 19.8 Å². The highest BCUT2D eigenvalue weighted by Crippen LogP contribution is 2.51. The minimum atomic E-state index is -1.20. The number of aliphatic hydroxyl groups excluding tert-OH is 1. The van der Waals surface area contributed by atoms with E-state index in [2.05, 4.69) is 0 Å². The number of hydrogen-bond donors (Lipinski definition) is 1. The quantitative estimate of drug-likeness (QED) is 0.440. The molecule has 2 heterocycles. The van der Waals surface area contributed by atoms with Crippen LogP contribution in [0.5, 0.6) is 0 Å². The molecule has 1 saturated carbocycles. The molecule has 0 radical (unpaired) electrons. The number of ether oxygens (including phenoxy) is 1. The van der Waals surface area contributed by atoms with Gasteiger partial charge in [0.15, 0.2) is 18.1 Å². The Balaban J connectivity index is 1.67. The van der Waals surface area contributed by atoms with Crippen molar-refractivity contribution in [3.05, 3.63) is 106 Å². The second-order valence-electron chi connectivity index (χ2n) is 8.61. The van der Waals surface area contributed by atoms with E-state index in [4.69, 9.17) is 16.3 Å². The Bertz CT molecular complexity index is 1160. The molecule has 6 nitrogen and oxygen atoms in total. The Morgan fingerprint density at radius 3 is 2.53 bits per heavy atom. The van der Waals surface area contributed by atoms with Crippen LogP contribution >= 0.6 is 11.6 Å². The maximum atomic E-state index is 13.6. The normalized spacial score (nSPS) is 20.9. The van der Waals surface area contributed by atoms with Crippen molar-refractivity contribution in [2.75, 3.05) is 13.2 Å². The Morgan fingerprint density at radius 1 is 1.09 bits per heavy atom. The lowest BCUT2D eigenvalue weighted by atomic mass is 9.93. The van der Waals surface area contributed by atoms with E-state index in [9.17, 15) is 15.1 Å². The SMILES string of the molecule is O=C1c2ccccc2C(OCC2(CO)CC2)(c2ccc(Cl)cc2)N1Cc1ccc[n+]([O-])c1. The molecule has 32 heavy (non-hydrogen) atoms. The minimum absolute atomic E-state index is 0.0359. The van der Waals surface area contributed by atoms with E-state index in [0.717, 1.165) is 28.7 Å². The van der Waals surface area contributed by atoms with Crippen LogP contribution in [0.15, 0.2) is 73.1 Å². The number of nitrogens with zero attached hydrogens (tertiary/aromatic N) is 2. The fourth-order valence-electron chi connectivity index (χ4n) is 4.37. The number of halogens is 1. The average Bonchev–Trinajstić information content (AvgIpc) is 3.55. The van der Waals surface area contributed by atoms with Crippen molar-refractivity contribution < 1.29 is 19.4 Å². The van der Waals surface area contributed by atoms with Crippen molar-refractivity contribution in [3.63, 3.8) is 0 Å². The molecule has 3 aromatic rings. The summed E-state index contributed by atoms with van der Waals surface area (Å²) in [5, 5.41) is 22.3. The Labute approximate surface area is 191 Å². The molecule has 1 aliphatic carbocycles. The van der Waals surface area contributed by atoms with Gasteiger partial charge >= 0.3 is 0 Å². The molecule has 0 bridgehead atoms. The van der Waals surface area contributed by atoms with Crippen LogP contribution in [0, 0.1) is 10.6 Å². The highest BCUT2D eigenvalue weighted by atomic mass is 35.5. The van der Waals surface area contributed by atoms with Crippen LogP contribution < -0.4 is 4.73 Å². The van der Waals surface area contributed by atoms with Crippen LogP contribution in [-0.4, -0.2) is 29.1 Å². The fraction of sp³-hybridized carbons (Fsp3) is 0.280. The number of rotatable bonds is 7. The number of carbonyl (C=O) groups excluding carboxylic acids is 1. The van der Waals surface area contributed by atoms with Crippen LogP contribution in [0.3, 0.4) is 0 Å². The molecular weight excluding hydrogens is 428 g/mol. The maximum Gasteiger partial charge on any atom is 0.257 e. The van der Waals surface area contributed by atoms with Crippen molar-refractivity contribution >= 4 is 17.5 Å². The van der Waals surface area contributed by atoms with E-state index in [1.165, 1.54) is 12.4 Å². The van der Waals surface area contributed by atoms with E-state index in [-0.39, 0.29) is 24.5 Å². The molecule has 1 atom stereocenters. The second kappa shape index (κ2) is 7.89. The standard InChI is InChI=1S/C25H23ClN2O4/c26-20-9-7-19(8-10-20)25(32-17-24(16-29)11-12-24)22-6-2-1-5-21(22)23(30)28(25)15-18-4-3-13-27(31)14-18/h1-10,13-14,29H,11-12,15-17H2. The summed E-state index contributed by atoms with van der Waals surface area (Å²) >= 11 is 6.17. The average molecular weight is 451 g/mol. The first kappa shape index (κ1) is 20.9. The summed E-state index contributed by atoms with van der Waals surface area (Å²) in [5.41, 5.74) is 1.27. The molecule has 1 fully saturated rings. The molecule has 1 aliphatic heterocycles. The lowest BCUT2D eigenvalue weighted by Gasteiger charge is -2.40. The van der Waals surface area contributed by atoms with Gasteiger partial charge in [-0.05, 0) is 37.1 Å². The molecule has 2 aromatic carbocycles. The van der Waals surface area contributed by atoms with Gasteiger partial charge < -0.3 is 15.1 Å². The molecule has 1 N–H and O–H groups in total. The first-order chi connectivity index (χ1) is 15.5. The van der Waals surface area contributed by atoms with Crippen LogP contribution in [0.4, 0.5) is 0 Å². The van der Waals surface area contributed by atoms with Crippen molar-refractivity contribution in [3.8, 4) is 0 Å². The van der Waals surface area contributed by atoms with Crippen molar-refractivity contribution in [2.24, 2.45) is 5.41 Å². The third-order valence-corrected chi connectivity index (χ3v) is 6.69. The molecular formula is C25H23ClN2O4. The Morgan fingerprint density at radius 2 is 1.84 bits per heavy atom. The Kier molecular flexibility index (Phi) is 5.16. The zero-order valence-corrected chi connectivity index (χ0v) is 18.2. The van der Waals surface area contributed by atoms with Crippen LogP contribution in [0.1, 0.15) is 39.9 Å². The summed E-state index contributed by atoms with van der Waals surface area (Å²) in [6.45, 7) is 0.528. The zero-order chi connectivity index (χ0) is 22.3. The second-order valence-corrected chi connectivity index (χ2v) is 9.04. The number of aliphatic hydroxyl groups is 1. The van der Waals surface area contributed by atoms with Crippen LogP contribution in [-0.2, 0) is 17.0 Å². The van der Waals surface area contributed by atoms with Gasteiger partial charge in [-0.25, -0.2) is 0 Å². The van der Waals surface area contributed by atoms with Gasteiger partial charge in [0, 0.05) is 38.8 Å². The summed E-state index contributed by atoms with van der Waals surface area (Å²) in [6.07, 6.45) is 4.62. The predicted molar refractivity (Wildman–Crippen MR) is 119 cm³/mol. The number of aromatic nitrogens is 1. The lowest BCUT2D eigenvalue weighted by molar-refractivity contribution is -0.605. The molecule has 1 aromatic heterocycles. The summed E-state index contributed by atoms with van der Waals surface area (Å²) < 4.78 is 7.38. The molecule has 1 amide bonds. The zero-order valence-electron chi connectivity index (χ0n) is 17.4. The van der Waals surface area contributed by atoms with Gasteiger partial charge in [0.1, 0.15) is 0 Å². The summed E-state index contributed by atoms with van der Waals surface area (Å²) in [5.74, 6) is -0.175. The van der Waals surface area contributed by atoms with E-state index >= 15 is 0 Å². The summed E-state index contributed by atoms with van der Waals surface area (Å²) in [4.78, 5) is 15.3. The Hall–Kier alpha value is -2.93. The number of hydrogen-bond acceptors (Lipinski definition) is 4. The maximum absolute atomic E-state index is 13.6. The number of benzene rings is 2. The molecule has 0 saturated heterocycles. The number of fused-ring (bicyclic) bond motifs is 1. The highest BCUT2D eigenvalue weighted by molar-refractivity contribution is 6.30. The predicted octanol–water partition coefficient (Wildman–Crippen LogP) is 3.62. The largest absolute Gasteiger partial charge is 0.619 e. The molecule has 2 aliphatic rings. The van der Waals surface area contributed by atoms with Crippen molar-refractivity contribution in [2.45, 2.75) is 25.1 Å². The summed E-state index contributed by atoms with van der Waals surface area (Å²) in [7, 11) is 0. The summed E-state index contributed by atoms with van der Waals surface area (Å²) in [6, 6.07) is 18.2. The van der Waals surface area contributed by atoms with Crippen molar-refractivity contribution in [1.29, 1.82) is 0 Å². The van der Waals surface area contributed by atoms with Gasteiger partial charge in [0.25, 0.3) is 5.91 Å². The van der Waals surface area contributed by atoms with Gasteiger partial charge in [0.2, 0.25) is 0 Å². The molecule has 1 unspecified atom stereocenters. The van der Waals surface area contributed by atoms with E-state index in [1.807, 2.05) is 36.4 Å². The highest BCUT2D eigenvalue weighted by Gasteiger charge is 2.54. The minimum Gasteiger partial charge on any atom is -0.619 e. The van der Waals surface area contributed by atoms with E-state index in [1.54, 1.807) is 29.2 Å². The number of carbonyl (C=O) groups is 1. The first-order valence-electron chi connectivity index (χ1n) is 10.6. The molecule has 164 valence electrons. The van der Waals surface area contributed by atoms with Gasteiger partial charge in [-0.1, -0.05) is 41.9 Å². The molecule has 7 heteroatoms. The molecule has 5 rings (SSSR count).